The Labute approximate surface area is 158 Å². The summed E-state index contributed by atoms with van der Waals surface area (Å²) in [5.74, 6) is 1.47. The van der Waals surface area contributed by atoms with Crippen LogP contribution in [0.5, 0.6) is 0 Å². The van der Waals surface area contributed by atoms with Crippen LogP contribution in [0.1, 0.15) is 53.5 Å². The Balaban J connectivity index is 2.21. The Morgan fingerprint density at radius 3 is 2.62 bits per heavy atom. The van der Waals surface area contributed by atoms with Crippen molar-refractivity contribution in [2.75, 3.05) is 0 Å². The molecule has 0 bridgehead atoms. The summed E-state index contributed by atoms with van der Waals surface area (Å²) in [7, 11) is 0. The highest BCUT2D eigenvalue weighted by molar-refractivity contribution is 5.75. The molecule has 1 heterocycles. The molecule has 0 spiro atoms. The monoisotopic (exact) mass is 346 g/mol. The van der Waals surface area contributed by atoms with E-state index in [1.807, 2.05) is 6.20 Å². The Morgan fingerprint density at radius 1 is 1.15 bits per heavy atom. The smallest absolute Gasteiger partial charge is 0.144 e. The molecule has 1 unspecified atom stereocenters. The largest absolute Gasteiger partial charge is 0.299 e. The van der Waals surface area contributed by atoms with Gasteiger partial charge in [0.15, 0.2) is 0 Å². The molecule has 1 aliphatic rings. The van der Waals surface area contributed by atoms with Crippen molar-refractivity contribution in [2.45, 2.75) is 53.4 Å². The third-order valence-corrected chi connectivity index (χ3v) is 5.57. The fraction of sp³-hybridized carbons (Fsp3) is 0.375. The molecule has 1 atom stereocenters. The van der Waals surface area contributed by atoms with E-state index in [1.165, 1.54) is 28.0 Å². The van der Waals surface area contributed by atoms with Gasteiger partial charge in [-0.3, -0.25) is 4.57 Å². The molecule has 0 N–H and O–H groups in total. The fourth-order valence-electron chi connectivity index (χ4n) is 3.74. The Kier molecular flexibility index (Phi) is 5.04. The summed E-state index contributed by atoms with van der Waals surface area (Å²) >= 11 is 0. The van der Waals surface area contributed by atoms with E-state index in [1.54, 1.807) is 0 Å². The minimum absolute atomic E-state index is 0.111. The van der Waals surface area contributed by atoms with Crippen molar-refractivity contribution in [3.8, 4) is 11.4 Å². The topological polar surface area (TPSA) is 17.8 Å². The zero-order valence-corrected chi connectivity index (χ0v) is 16.9. The lowest BCUT2D eigenvalue weighted by molar-refractivity contribution is 0.507. The number of hydrogen-bond donors (Lipinski definition) is 0. The number of nitrogens with zero attached hydrogens (tertiary/aromatic N) is 2. The number of aromatic nitrogens is 2. The van der Waals surface area contributed by atoms with E-state index in [4.69, 9.17) is 4.98 Å². The van der Waals surface area contributed by atoms with Crippen LogP contribution in [-0.2, 0) is 5.41 Å². The fourth-order valence-corrected chi connectivity index (χ4v) is 3.74. The Bertz CT molecular complexity index is 890. The van der Waals surface area contributed by atoms with Crippen LogP contribution in [0, 0.1) is 5.92 Å². The minimum atomic E-state index is 0.111. The summed E-state index contributed by atoms with van der Waals surface area (Å²) in [5.41, 5.74) is 6.49. The van der Waals surface area contributed by atoms with Crippen LogP contribution in [0.2, 0.25) is 0 Å². The molecule has 0 saturated heterocycles. The molecular formula is C24H30N2. The normalized spacial score (nSPS) is 18.1. The average molecular weight is 347 g/mol. The maximum Gasteiger partial charge on any atom is 0.144 e. The molecule has 0 radical (unpaired) electrons. The summed E-state index contributed by atoms with van der Waals surface area (Å²) in [6, 6.07) is 8.70. The van der Waals surface area contributed by atoms with Gasteiger partial charge in [0, 0.05) is 18.0 Å². The standard InChI is InChI=1S/C24H30N2/c1-7-24(5,6)21-11-9-8-10-20(21)23-25-14-15-26(23)22-18(3)13-12-17(2)16-19(22)4/h8-17H,7H2,1-6H3. The van der Waals surface area contributed by atoms with Gasteiger partial charge < -0.3 is 0 Å². The second-order valence-corrected chi connectivity index (χ2v) is 8.00. The zero-order chi connectivity index (χ0) is 18.9. The SMILES string of the molecule is CCC(C)(C)c1ccccc1-c1nccn1C1=C(C)C=CC(C)C=C1C. The van der Waals surface area contributed by atoms with Gasteiger partial charge >= 0.3 is 0 Å². The van der Waals surface area contributed by atoms with Gasteiger partial charge in [-0.05, 0) is 48.3 Å². The highest BCUT2D eigenvalue weighted by Crippen LogP contribution is 2.37. The highest BCUT2D eigenvalue weighted by atomic mass is 15.1. The van der Waals surface area contributed by atoms with Crippen molar-refractivity contribution in [3.63, 3.8) is 0 Å². The summed E-state index contributed by atoms with van der Waals surface area (Å²) in [5, 5.41) is 0. The molecule has 2 nitrogen and oxygen atoms in total. The summed E-state index contributed by atoms with van der Waals surface area (Å²) < 4.78 is 2.26. The quantitative estimate of drug-likeness (QED) is 0.608. The predicted molar refractivity (Wildman–Crippen MR) is 112 cm³/mol. The summed E-state index contributed by atoms with van der Waals surface area (Å²) in [4.78, 5) is 4.77. The number of imidazole rings is 1. The van der Waals surface area contributed by atoms with Crippen LogP contribution in [0.3, 0.4) is 0 Å². The second kappa shape index (κ2) is 7.11. The van der Waals surface area contributed by atoms with Crippen molar-refractivity contribution < 1.29 is 0 Å². The van der Waals surface area contributed by atoms with Gasteiger partial charge in [0.1, 0.15) is 5.82 Å². The van der Waals surface area contributed by atoms with Crippen LogP contribution in [0.25, 0.3) is 17.1 Å². The van der Waals surface area contributed by atoms with E-state index in [-0.39, 0.29) is 5.41 Å². The summed E-state index contributed by atoms with van der Waals surface area (Å²) in [6.45, 7) is 13.5. The van der Waals surface area contributed by atoms with Gasteiger partial charge in [0.2, 0.25) is 0 Å². The van der Waals surface area contributed by atoms with Crippen LogP contribution >= 0.6 is 0 Å². The first kappa shape index (κ1) is 18.4. The first-order chi connectivity index (χ1) is 12.3. The van der Waals surface area contributed by atoms with Crippen LogP contribution in [-0.4, -0.2) is 9.55 Å². The average Bonchev–Trinajstić information content (AvgIpc) is 3.04. The number of hydrogen-bond acceptors (Lipinski definition) is 1. The van der Waals surface area contributed by atoms with Gasteiger partial charge in [-0.15, -0.1) is 0 Å². The predicted octanol–water partition coefficient (Wildman–Crippen LogP) is 6.62. The van der Waals surface area contributed by atoms with Crippen LogP contribution in [0.4, 0.5) is 0 Å². The Morgan fingerprint density at radius 2 is 1.88 bits per heavy atom. The first-order valence-corrected chi connectivity index (χ1v) is 9.56. The molecule has 1 aromatic carbocycles. The van der Waals surface area contributed by atoms with E-state index in [9.17, 15) is 0 Å². The molecule has 26 heavy (non-hydrogen) atoms. The molecule has 2 heteroatoms. The van der Waals surface area contributed by atoms with Crippen molar-refractivity contribution >= 4 is 5.70 Å². The minimum Gasteiger partial charge on any atom is -0.299 e. The highest BCUT2D eigenvalue weighted by Gasteiger charge is 2.24. The third kappa shape index (κ3) is 3.33. The number of allylic oxidation sites excluding steroid dienone is 6. The van der Waals surface area contributed by atoms with E-state index in [2.05, 4.69) is 94.8 Å². The maximum absolute atomic E-state index is 4.77. The van der Waals surface area contributed by atoms with E-state index < -0.39 is 0 Å². The second-order valence-electron chi connectivity index (χ2n) is 8.00. The summed E-state index contributed by atoms with van der Waals surface area (Å²) in [6.07, 6.45) is 11.9. The molecule has 1 aromatic heterocycles. The molecule has 136 valence electrons. The van der Waals surface area contributed by atoms with Gasteiger partial charge in [0.25, 0.3) is 0 Å². The molecule has 3 rings (SSSR count). The number of benzene rings is 1. The molecule has 0 fully saturated rings. The van der Waals surface area contributed by atoms with E-state index >= 15 is 0 Å². The maximum atomic E-state index is 4.77. The molecular weight excluding hydrogens is 316 g/mol. The van der Waals surface area contributed by atoms with Crippen LogP contribution < -0.4 is 0 Å². The van der Waals surface area contributed by atoms with Crippen molar-refractivity contribution in [1.29, 1.82) is 0 Å². The van der Waals surface area contributed by atoms with Crippen molar-refractivity contribution in [1.82, 2.24) is 9.55 Å². The van der Waals surface area contributed by atoms with Crippen LogP contribution in [0.15, 0.2) is 66.0 Å². The first-order valence-electron chi connectivity index (χ1n) is 9.56. The molecule has 0 saturated carbocycles. The van der Waals surface area contributed by atoms with Gasteiger partial charge in [-0.1, -0.05) is 70.2 Å². The van der Waals surface area contributed by atoms with E-state index in [0.29, 0.717) is 5.92 Å². The Hall–Kier alpha value is -2.35. The third-order valence-electron chi connectivity index (χ3n) is 5.57. The molecule has 0 aliphatic heterocycles. The van der Waals surface area contributed by atoms with Crippen molar-refractivity contribution in [2.24, 2.45) is 5.92 Å². The molecule has 1 aliphatic carbocycles. The van der Waals surface area contributed by atoms with E-state index in [0.717, 1.165) is 12.2 Å². The lowest BCUT2D eigenvalue weighted by atomic mass is 9.79. The van der Waals surface area contributed by atoms with Crippen molar-refractivity contribution in [3.05, 3.63) is 71.6 Å². The zero-order valence-electron chi connectivity index (χ0n) is 16.9. The number of rotatable bonds is 4. The lowest BCUT2D eigenvalue weighted by Gasteiger charge is -2.27. The lowest BCUT2D eigenvalue weighted by Crippen LogP contribution is -2.17. The van der Waals surface area contributed by atoms with Gasteiger partial charge in [-0.2, -0.15) is 0 Å². The molecule has 2 aromatic rings. The molecule has 0 amide bonds. The van der Waals surface area contributed by atoms with Gasteiger partial charge in [0.05, 0.1) is 5.70 Å². The van der Waals surface area contributed by atoms with Gasteiger partial charge in [-0.25, -0.2) is 4.98 Å².